The third kappa shape index (κ3) is 1.82. The molecular formula is C9H15NO. The fourth-order valence-corrected chi connectivity index (χ4v) is 1.74. The molecule has 0 bridgehead atoms. The van der Waals surface area contributed by atoms with Crippen molar-refractivity contribution in [3.8, 4) is 0 Å². The van der Waals surface area contributed by atoms with Gasteiger partial charge in [-0.05, 0) is 19.3 Å². The third-order valence-corrected chi connectivity index (χ3v) is 2.39. The van der Waals surface area contributed by atoms with Crippen LogP contribution in [0.2, 0.25) is 0 Å². The van der Waals surface area contributed by atoms with Crippen LogP contribution >= 0.6 is 0 Å². The summed E-state index contributed by atoms with van der Waals surface area (Å²) in [6.45, 7) is 1.85. The van der Waals surface area contributed by atoms with Crippen LogP contribution in [0.3, 0.4) is 0 Å². The van der Waals surface area contributed by atoms with Gasteiger partial charge in [0.15, 0.2) is 0 Å². The topological polar surface area (TPSA) is 21.3 Å². The van der Waals surface area contributed by atoms with E-state index in [1.165, 1.54) is 19.3 Å². The van der Waals surface area contributed by atoms with Crippen LogP contribution in [0.4, 0.5) is 0 Å². The van der Waals surface area contributed by atoms with Crippen LogP contribution in [0, 0.1) is 0 Å². The number of allylic oxidation sites excluding steroid dienone is 1. The van der Waals surface area contributed by atoms with Crippen LogP contribution in [-0.2, 0) is 4.74 Å². The zero-order chi connectivity index (χ0) is 7.52. The highest BCUT2D eigenvalue weighted by Gasteiger charge is 2.18. The Labute approximate surface area is 67.6 Å². The number of rotatable bonds is 2. The molecule has 0 radical (unpaired) electrons. The van der Waals surface area contributed by atoms with Gasteiger partial charge in [0.05, 0.1) is 6.61 Å². The molecule has 0 saturated carbocycles. The van der Waals surface area contributed by atoms with E-state index in [4.69, 9.17) is 4.74 Å². The Morgan fingerprint density at radius 2 is 2.36 bits per heavy atom. The van der Waals surface area contributed by atoms with Crippen LogP contribution in [0.1, 0.15) is 19.3 Å². The van der Waals surface area contributed by atoms with Gasteiger partial charge in [0.25, 0.3) is 0 Å². The summed E-state index contributed by atoms with van der Waals surface area (Å²) in [6, 6.07) is 1.24. The predicted molar refractivity (Wildman–Crippen MR) is 44.5 cm³/mol. The lowest BCUT2D eigenvalue weighted by Crippen LogP contribution is -2.36. The molecule has 0 aromatic carbocycles. The minimum absolute atomic E-state index is 0.614. The number of hydrogen-bond donors (Lipinski definition) is 1. The standard InChI is InChI=1S/C9H15NO/c1-2-4-8(3-1)10-9-5-6-11-7-9/h1,3,8-10H,2,4-7H2. The van der Waals surface area contributed by atoms with Crippen LogP contribution < -0.4 is 5.32 Å². The smallest absolute Gasteiger partial charge is 0.0620 e. The summed E-state index contributed by atoms with van der Waals surface area (Å²) in [4.78, 5) is 0. The second kappa shape index (κ2) is 3.37. The summed E-state index contributed by atoms with van der Waals surface area (Å²) >= 11 is 0. The van der Waals surface area contributed by atoms with E-state index in [9.17, 15) is 0 Å². The molecule has 2 rings (SSSR count). The predicted octanol–water partition coefficient (Wildman–Crippen LogP) is 1.08. The molecule has 0 aromatic heterocycles. The largest absolute Gasteiger partial charge is 0.380 e. The molecule has 1 aliphatic carbocycles. The van der Waals surface area contributed by atoms with Crippen molar-refractivity contribution in [1.82, 2.24) is 5.32 Å². The van der Waals surface area contributed by atoms with Gasteiger partial charge in [-0.1, -0.05) is 12.2 Å². The van der Waals surface area contributed by atoms with Crippen molar-refractivity contribution in [1.29, 1.82) is 0 Å². The summed E-state index contributed by atoms with van der Waals surface area (Å²) < 4.78 is 5.28. The van der Waals surface area contributed by atoms with E-state index in [-0.39, 0.29) is 0 Å². The average Bonchev–Trinajstić information content (AvgIpc) is 2.60. The lowest BCUT2D eigenvalue weighted by atomic mass is 10.2. The fourth-order valence-electron chi connectivity index (χ4n) is 1.74. The first kappa shape index (κ1) is 7.32. The molecule has 2 unspecified atom stereocenters. The fraction of sp³-hybridized carbons (Fsp3) is 0.778. The van der Waals surface area contributed by atoms with Gasteiger partial charge in [0.2, 0.25) is 0 Å². The van der Waals surface area contributed by atoms with Crippen molar-refractivity contribution in [3.05, 3.63) is 12.2 Å². The van der Waals surface area contributed by atoms with Gasteiger partial charge >= 0.3 is 0 Å². The van der Waals surface area contributed by atoms with Crippen LogP contribution in [0.5, 0.6) is 0 Å². The van der Waals surface area contributed by atoms with E-state index < -0.39 is 0 Å². The molecule has 2 atom stereocenters. The highest BCUT2D eigenvalue weighted by Crippen LogP contribution is 2.12. The molecular weight excluding hydrogens is 138 g/mol. The summed E-state index contributed by atoms with van der Waals surface area (Å²) in [5, 5.41) is 3.57. The quantitative estimate of drug-likeness (QED) is 0.599. The van der Waals surface area contributed by atoms with Gasteiger partial charge in [-0.15, -0.1) is 0 Å². The average molecular weight is 153 g/mol. The van der Waals surface area contributed by atoms with E-state index >= 15 is 0 Å². The van der Waals surface area contributed by atoms with Crippen molar-refractivity contribution in [2.75, 3.05) is 13.2 Å². The van der Waals surface area contributed by atoms with E-state index in [2.05, 4.69) is 17.5 Å². The monoisotopic (exact) mass is 153 g/mol. The molecule has 2 heteroatoms. The second-order valence-corrected chi connectivity index (χ2v) is 3.34. The minimum Gasteiger partial charge on any atom is -0.380 e. The molecule has 1 fully saturated rings. The number of nitrogens with one attached hydrogen (secondary N) is 1. The zero-order valence-electron chi connectivity index (χ0n) is 6.75. The normalized spacial score (nSPS) is 36.7. The molecule has 1 saturated heterocycles. The van der Waals surface area contributed by atoms with Crippen LogP contribution in [0.25, 0.3) is 0 Å². The molecule has 0 amide bonds. The molecule has 62 valence electrons. The van der Waals surface area contributed by atoms with Gasteiger partial charge < -0.3 is 10.1 Å². The Morgan fingerprint density at radius 1 is 1.36 bits per heavy atom. The maximum absolute atomic E-state index is 5.28. The highest BCUT2D eigenvalue weighted by molar-refractivity contribution is 5.01. The molecule has 1 heterocycles. The number of ether oxygens (including phenoxy) is 1. The third-order valence-electron chi connectivity index (χ3n) is 2.39. The van der Waals surface area contributed by atoms with E-state index in [0.717, 1.165) is 13.2 Å². The van der Waals surface area contributed by atoms with Gasteiger partial charge in [0, 0.05) is 18.7 Å². The zero-order valence-corrected chi connectivity index (χ0v) is 6.75. The maximum atomic E-state index is 5.28. The lowest BCUT2D eigenvalue weighted by molar-refractivity contribution is 0.189. The molecule has 2 aliphatic rings. The molecule has 1 aliphatic heterocycles. The molecule has 2 nitrogen and oxygen atoms in total. The van der Waals surface area contributed by atoms with Crippen molar-refractivity contribution in [3.63, 3.8) is 0 Å². The van der Waals surface area contributed by atoms with Gasteiger partial charge in [0.1, 0.15) is 0 Å². The summed E-state index contributed by atoms with van der Waals surface area (Å²) in [5.41, 5.74) is 0. The number of hydrogen-bond acceptors (Lipinski definition) is 2. The van der Waals surface area contributed by atoms with E-state index in [0.29, 0.717) is 12.1 Å². The summed E-state index contributed by atoms with van der Waals surface area (Å²) in [7, 11) is 0. The Hall–Kier alpha value is -0.340. The molecule has 0 spiro atoms. The molecule has 11 heavy (non-hydrogen) atoms. The van der Waals surface area contributed by atoms with Crippen molar-refractivity contribution >= 4 is 0 Å². The van der Waals surface area contributed by atoms with Crippen molar-refractivity contribution < 1.29 is 4.74 Å². The second-order valence-electron chi connectivity index (χ2n) is 3.34. The van der Waals surface area contributed by atoms with Crippen molar-refractivity contribution in [2.45, 2.75) is 31.3 Å². The Balaban J connectivity index is 1.75. The lowest BCUT2D eigenvalue weighted by Gasteiger charge is -2.15. The summed E-state index contributed by atoms with van der Waals surface area (Å²) in [5.74, 6) is 0. The Bertz CT molecular complexity index is 150. The van der Waals surface area contributed by atoms with E-state index in [1.807, 2.05) is 0 Å². The van der Waals surface area contributed by atoms with Gasteiger partial charge in [-0.2, -0.15) is 0 Å². The first-order valence-electron chi connectivity index (χ1n) is 4.45. The Morgan fingerprint density at radius 3 is 3.00 bits per heavy atom. The van der Waals surface area contributed by atoms with Crippen LogP contribution in [0.15, 0.2) is 12.2 Å². The summed E-state index contributed by atoms with van der Waals surface area (Å²) in [6.07, 6.45) is 8.23. The van der Waals surface area contributed by atoms with Gasteiger partial charge in [-0.3, -0.25) is 0 Å². The SMILES string of the molecule is C1=CC(NC2CCOC2)CC1. The maximum Gasteiger partial charge on any atom is 0.0620 e. The first-order valence-corrected chi connectivity index (χ1v) is 4.45. The van der Waals surface area contributed by atoms with Gasteiger partial charge in [-0.25, -0.2) is 0 Å². The Kier molecular flexibility index (Phi) is 2.24. The molecule has 0 aromatic rings. The molecule has 1 N–H and O–H groups in total. The van der Waals surface area contributed by atoms with Crippen LogP contribution in [-0.4, -0.2) is 25.3 Å². The first-order chi connectivity index (χ1) is 5.45. The highest BCUT2D eigenvalue weighted by atomic mass is 16.5. The van der Waals surface area contributed by atoms with Crippen molar-refractivity contribution in [2.24, 2.45) is 0 Å². The van der Waals surface area contributed by atoms with E-state index in [1.54, 1.807) is 0 Å². The minimum atomic E-state index is 0.614.